The van der Waals surface area contributed by atoms with Gasteiger partial charge in [-0.1, -0.05) is 60.7 Å². The van der Waals surface area contributed by atoms with Gasteiger partial charge in [0.05, 0.1) is 32.8 Å². The number of imidazole rings is 1. The predicted octanol–water partition coefficient (Wildman–Crippen LogP) is 5.57. The fourth-order valence-corrected chi connectivity index (χ4v) is 5.86. The highest BCUT2D eigenvalue weighted by Gasteiger charge is 2.48. The molecule has 6 rings (SSSR count). The molecule has 1 aliphatic heterocycles. The molecule has 0 radical (unpaired) electrons. The third-order valence-corrected chi connectivity index (χ3v) is 8.23. The molecule has 10 heteroatoms. The van der Waals surface area contributed by atoms with Crippen LogP contribution in [0.3, 0.4) is 0 Å². The maximum absolute atomic E-state index is 15.8. The first kappa shape index (κ1) is 30.4. The predicted molar refractivity (Wildman–Crippen MR) is 167 cm³/mol. The van der Waals surface area contributed by atoms with Gasteiger partial charge in [0.2, 0.25) is 0 Å². The van der Waals surface area contributed by atoms with Crippen molar-refractivity contribution in [2.24, 2.45) is 0 Å². The average Bonchev–Trinajstić information content (AvgIpc) is 3.65. The highest BCUT2D eigenvalue weighted by molar-refractivity contribution is 5.73. The van der Waals surface area contributed by atoms with Gasteiger partial charge in [0, 0.05) is 0 Å². The first-order valence-electron chi connectivity index (χ1n) is 14.7. The fraction of sp³-hybridized carbons (Fsp3) is 0.286. The van der Waals surface area contributed by atoms with Crippen LogP contribution in [0.2, 0.25) is 0 Å². The van der Waals surface area contributed by atoms with Crippen molar-refractivity contribution in [2.75, 3.05) is 20.8 Å². The summed E-state index contributed by atoms with van der Waals surface area (Å²) >= 11 is 0. The van der Waals surface area contributed by atoms with Gasteiger partial charge in [0.25, 0.3) is 0 Å². The first-order valence-corrected chi connectivity index (χ1v) is 14.7. The van der Waals surface area contributed by atoms with E-state index in [1.54, 1.807) is 20.3 Å². The molecule has 3 aromatic carbocycles. The van der Waals surface area contributed by atoms with E-state index in [1.165, 1.54) is 17.2 Å². The van der Waals surface area contributed by atoms with Crippen LogP contribution in [-0.2, 0) is 21.5 Å². The minimum absolute atomic E-state index is 0.128. The second-order valence-electron chi connectivity index (χ2n) is 10.8. The molecule has 5 aromatic rings. The third kappa shape index (κ3) is 5.68. The Bertz CT molecular complexity index is 1680. The van der Waals surface area contributed by atoms with Gasteiger partial charge in [-0.15, -0.1) is 6.58 Å². The van der Waals surface area contributed by atoms with Crippen LogP contribution < -0.4 is 9.47 Å². The summed E-state index contributed by atoms with van der Waals surface area (Å²) in [4.78, 5) is 13.2. The normalized spacial score (nSPS) is 19.9. The van der Waals surface area contributed by atoms with E-state index in [4.69, 9.17) is 18.9 Å². The van der Waals surface area contributed by atoms with E-state index in [1.807, 2.05) is 78.9 Å². The van der Waals surface area contributed by atoms with Crippen molar-refractivity contribution < 1.29 is 28.4 Å². The standard InChI is InChI=1S/C35H35FN4O5/c1-4-5-11-28-31-33(38-21-37-28)40(22-39-31)34-30(36)32(41)29(45-34)20-44-35(23-9-7-6-8-10-23,24-12-16-26(42-2)17-13-24)25-14-18-27(43-3)19-15-25/h4,6-10,12-19,21-22,29-30,32,34,41H,1,5,11,20H2,2-3H3/t29-,30-,32-,34-/m1/s1. The summed E-state index contributed by atoms with van der Waals surface area (Å²) in [5.41, 5.74) is 3.04. The van der Waals surface area contributed by atoms with Crippen molar-refractivity contribution >= 4 is 11.2 Å². The molecule has 1 fully saturated rings. The second-order valence-corrected chi connectivity index (χ2v) is 10.8. The molecule has 1 N–H and O–H groups in total. The zero-order valence-corrected chi connectivity index (χ0v) is 25.1. The number of aliphatic hydroxyl groups is 1. The fourth-order valence-electron chi connectivity index (χ4n) is 5.86. The van der Waals surface area contributed by atoms with Crippen LogP contribution in [0.25, 0.3) is 11.2 Å². The molecule has 3 heterocycles. The molecular formula is C35H35FN4O5. The number of nitrogens with zero attached hydrogens (tertiary/aromatic N) is 4. The van der Waals surface area contributed by atoms with E-state index in [-0.39, 0.29) is 6.61 Å². The molecule has 2 aromatic heterocycles. The smallest absolute Gasteiger partial charge is 0.173 e. The maximum atomic E-state index is 15.8. The topological polar surface area (TPSA) is 101 Å². The third-order valence-electron chi connectivity index (χ3n) is 8.23. The molecule has 1 aliphatic rings. The molecule has 4 atom stereocenters. The summed E-state index contributed by atoms with van der Waals surface area (Å²) in [6, 6.07) is 24.9. The second kappa shape index (κ2) is 13.2. The van der Waals surface area contributed by atoms with E-state index < -0.39 is 30.2 Å². The summed E-state index contributed by atoms with van der Waals surface area (Å²) in [7, 11) is 3.22. The van der Waals surface area contributed by atoms with Gasteiger partial charge >= 0.3 is 0 Å². The van der Waals surface area contributed by atoms with Crippen LogP contribution in [0.1, 0.15) is 35.0 Å². The number of alkyl halides is 1. The number of hydrogen-bond acceptors (Lipinski definition) is 8. The van der Waals surface area contributed by atoms with Gasteiger partial charge in [-0.2, -0.15) is 0 Å². The lowest BCUT2D eigenvalue weighted by atomic mass is 9.80. The molecule has 0 amide bonds. The van der Waals surface area contributed by atoms with Gasteiger partial charge in [0.1, 0.15) is 41.2 Å². The summed E-state index contributed by atoms with van der Waals surface area (Å²) in [5.74, 6) is 1.38. The van der Waals surface area contributed by atoms with E-state index in [9.17, 15) is 5.11 Å². The summed E-state index contributed by atoms with van der Waals surface area (Å²) in [6.45, 7) is 3.64. The Morgan fingerprint density at radius 3 is 2.13 bits per heavy atom. The maximum Gasteiger partial charge on any atom is 0.173 e. The molecule has 0 bridgehead atoms. The van der Waals surface area contributed by atoms with Gasteiger partial charge < -0.3 is 24.1 Å². The number of aromatic nitrogens is 4. The monoisotopic (exact) mass is 610 g/mol. The molecular weight excluding hydrogens is 575 g/mol. The Morgan fingerprint density at radius 1 is 0.911 bits per heavy atom. The largest absolute Gasteiger partial charge is 0.497 e. The van der Waals surface area contributed by atoms with E-state index >= 15 is 4.39 Å². The molecule has 0 saturated carbocycles. The Labute approximate surface area is 260 Å². The van der Waals surface area contributed by atoms with Crippen LogP contribution in [0.5, 0.6) is 11.5 Å². The van der Waals surface area contributed by atoms with Crippen LogP contribution in [0.15, 0.2) is 104 Å². The molecule has 0 spiro atoms. The highest BCUT2D eigenvalue weighted by Crippen LogP contribution is 2.43. The number of benzene rings is 3. The molecule has 45 heavy (non-hydrogen) atoms. The minimum atomic E-state index is -1.75. The molecule has 0 unspecified atom stereocenters. The number of allylic oxidation sites excluding steroid dienone is 1. The van der Waals surface area contributed by atoms with Crippen LogP contribution >= 0.6 is 0 Å². The number of methoxy groups -OCH3 is 2. The average molecular weight is 611 g/mol. The van der Waals surface area contributed by atoms with Gasteiger partial charge in [-0.25, -0.2) is 19.3 Å². The number of hydrogen-bond donors (Lipinski definition) is 1. The first-order chi connectivity index (χ1) is 22.0. The van der Waals surface area contributed by atoms with Crippen molar-refractivity contribution in [1.82, 2.24) is 19.5 Å². The number of ether oxygens (including phenoxy) is 4. The molecule has 232 valence electrons. The van der Waals surface area contributed by atoms with Gasteiger partial charge in [0.15, 0.2) is 18.0 Å². The zero-order chi connectivity index (χ0) is 31.4. The summed E-state index contributed by atoms with van der Waals surface area (Å²) < 4.78 is 41.2. The quantitative estimate of drug-likeness (QED) is 0.145. The highest BCUT2D eigenvalue weighted by atomic mass is 19.1. The van der Waals surface area contributed by atoms with Crippen molar-refractivity contribution in [3.05, 3.63) is 127 Å². The zero-order valence-electron chi connectivity index (χ0n) is 25.1. The molecule has 1 saturated heterocycles. The number of fused-ring (bicyclic) bond motifs is 1. The molecule has 9 nitrogen and oxygen atoms in total. The number of halogens is 1. The van der Waals surface area contributed by atoms with Crippen molar-refractivity contribution in [1.29, 1.82) is 0 Å². The Kier molecular flexibility index (Phi) is 8.88. The summed E-state index contributed by atoms with van der Waals surface area (Å²) in [5, 5.41) is 11.1. The minimum Gasteiger partial charge on any atom is -0.497 e. The van der Waals surface area contributed by atoms with Gasteiger partial charge in [-0.3, -0.25) is 4.57 Å². The van der Waals surface area contributed by atoms with Crippen molar-refractivity contribution in [3.8, 4) is 11.5 Å². The SMILES string of the molecule is C=CCCc1ncnc2c1ncn2[C@@H]1O[C@H](COC(c2ccccc2)(c2ccc(OC)cc2)c2ccc(OC)cc2)[C@@H](O)[C@H]1F. The van der Waals surface area contributed by atoms with E-state index in [0.29, 0.717) is 35.5 Å². The number of aliphatic hydroxyl groups excluding tert-OH is 1. The van der Waals surface area contributed by atoms with Crippen molar-refractivity contribution in [3.63, 3.8) is 0 Å². The van der Waals surface area contributed by atoms with Crippen molar-refractivity contribution in [2.45, 2.75) is 43.1 Å². The number of rotatable bonds is 12. The lowest BCUT2D eigenvalue weighted by Crippen LogP contribution is -2.39. The van der Waals surface area contributed by atoms with Crippen LogP contribution in [0.4, 0.5) is 4.39 Å². The van der Waals surface area contributed by atoms with Crippen LogP contribution in [0, 0.1) is 0 Å². The lowest BCUT2D eigenvalue weighted by molar-refractivity contribution is -0.0935. The molecule has 0 aliphatic carbocycles. The Hall–Kier alpha value is -4.64. The number of aryl methyl sites for hydroxylation is 1. The van der Waals surface area contributed by atoms with Gasteiger partial charge in [-0.05, 0) is 53.8 Å². The van der Waals surface area contributed by atoms with E-state index in [2.05, 4.69) is 21.5 Å². The Balaban J connectivity index is 1.36. The lowest BCUT2D eigenvalue weighted by Gasteiger charge is -2.37. The Morgan fingerprint density at radius 2 is 1.53 bits per heavy atom. The summed E-state index contributed by atoms with van der Waals surface area (Å²) in [6.07, 6.45) is 0.679. The van der Waals surface area contributed by atoms with Crippen LogP contribution in [-0.4, -0.2) is 63.8 Å². The van der Waals surface area contributed by atoms with E-state index in [0.717, 1.165) is 22.4 Å².